The number of ether oxygens (including phenoxy) is 5. The molecule has 0 unspecified atom stereocenters. The van der Waals surface area contributed by atoms with Gasteiger partial charge in [-0.2, -0.15) is 5.10 Å². The van der Waals surface area contributed by atoms with Gasteiger partial charge in [-0.3, -0.25) is 19.6 Å². The molecular weight excluding hydrogens is 1230 g/mol. The molecule has 0 atom stereocenters. The molecule has 95 heavy (non-hydrogen) atoms. The second kappa shape index (κ2) is 29.9. The standard InChI is InChI=1S/C20H16N4O4.C15H10N2O5.C15H12N2O3.C9H7NO3.C8H9NO3/c1-24-16(10-11-21-24)18(25)22-13-8-6-12(7-9-13)19-23-15-5-3-4-14(17(15)28-19)20(26)27-2;1-21-15(18)11-3-2-4-12-13(11)22-14(16-12)9-5-7-10(8-6-9)17(19)20;1-19-15(18)11-3-2-4-12-13(11)20-14(17-12)9-5-7-10(16)8-6-9;1-12-9(11)6-3-2-4-7-8(6)13-5-10-7;1-12-8(11)5-3-2-4-6(9)7(5)10/h3-11H,1-2H3,(H,22,25);2-8H,1H3;2-8H,16H2,1H3;2-5H,1H3;2-4,10H,9H2,1H3. The highest BCUT2D eigenvalue weighted by atomic mass is 16.6. The van der Waals surface area contributed by atoms with E-state index in [9.17, 15) is 44.0 Å². The summed E-state index contributed by atoms with van der Waals surface area (Å²) < 4.78 is 46.9. The maximum absolute atomic E-state index is 12.3. The molecule has 0 aliphatic heterocycles. The monoisotopic (exact) mass is 1290 g/mol. The maximum atomic E-state index is 12.3. The number of nitrogens with one attached hydrogen (secondary N) is 1. The highest BCUT2D eigenvalue weighted by Crippen LogP contribution is 2.32. The zero-order valence-corrected chi connectivity index (χ0v) is 51.0. The van der Waals surface area contributed by atoms with Gasteiger partial charge in [0.15, 0.2) is 34.5 Å². The number of benzene rings is 8. The Kier molecular flexibility index (Phi) is 20.7. The number of carbonyl (C=O) groups excluding carboxylic acids is 6. The molecule has 480 valence electrons. The highest BCUT2D eigenvalue weighted by molar-refractivity contribution is 6.05. The van der Waals surface area contributed by atoms with E-state index in [1.807, 2.05) is 12.1 Å². The second-order valence-corrected chi connectivity index (χ2v) is 19.5. The van der Waals surface area contributed by atoms with Crippen molar-refractivity contribution in [3.8, 4) is 40.1 Å². The number of nitrogens with zero attached hydrogens (tertiary/aromatic N) is 7. The number of nitrogens with two attached hydrogens (primary N) is 2. The average Bonchev–Trinajstić information content (AvgIpc) is 1.68. The second-order valence-electron chi connectivity index (χ2n) is 19.5. The van der Waals surface area contributed by atoms with Crippen molar-refractivity contribution in [1.29, 1.82) is 0 Å². The summed E-state index contributed by atoms with van der Waals surface area (Å²) in [6.07, 6.45) is 2.87. The zero-order valence-electron chi connectivity index (χ0n) is 51.0. The zero-order chi connectivity index (χ0) is 67.9. The van der Waals surface area contributed by atoms with Crippen molar-refractivity contribution in [2.75, 3.05) is 52.3 Å². The lowest BCUT2D eigenvalue weighted by Crippen LogP contribution is -2.15. The molecule has 0 spiro atoms. The maximum Gasteiger partial charge on any atom is 0.341 e. The first-order chi connectivity index (χ1) is 45.8. The van der Waals surface area contributed by atoms with Crippen molar-refractivity contribution >= 4 is 103 Å². The number of oxazole rings is 4. The first kappa shape index (κ1) is 65.9. The van der Waals surface area contributed by atoms with Gasteiger partial charge in [0.1, 0.15) is 55.6 Å². The summed E-state index contributed by atoms with van der Waals surface area (Å²) in [5.74, 6) is -1.86. The summed E-state index contributed by atoms with van der Waals surface area (Å²) in [7, 11) is 8.21. The van der Waals surface area contributed by atoms with Crippen LogP contribution in [0.3, 0.4) is 0 Å². The Morgan fingerprint density at radius 2 is 0.874 bits per heavy atom. The van der Waals surface area contributed by atoms with Crippen molar-refractivity contribution in [3.63, 3.8) is 0 Å². The van der Waals surface area contributed by atoms with Crippen LogP contribution < -0.4 is 16.8 Å². The van der Waals surface area contributed by atoms with Crippen molar-refractivity contribution in [3.05, 3.63) is 226 Å². The normalized spacial score (nSPS) is 10.5. The number of nitro benzene ring substituents is 1. The van der Waals surface area contributed by atoms with E-state index < -0.39 is 34.8 Å². The third kappa shape index (κ3) is 15.2. The lowest BCUT2D eigenvalue weighted by atomic mass is 10.2. The predicted molar refractivity (Wildman–Crippen MR) is 344 cm³/mol. The van der Waals surface area contributed by atoms with E-state index in [0.29, 0.717) is 101 Å². The number of methoxy groups -OCH3 is 5. The number of fused-ring (bicyclic) bond motifs is 4. The summed E-state index contributed by atoms with van der Waals surface area (Å²) in [4.78, 5) is 96.9. The molecule has 0 radical (unpaired) electrons. The van der Waals surface area contributed by atoms with Gasteiger partial charge in [-0.15, -0.1) is 0 Å². The van der Waals surface area contributed by atoms with Gasteiger partial charge < -0.3 is 63.2 Å². The number of rotatable bonds is 11. The fourth-order valence-corrected chi connectivity index (χ4v) is 8.86. The number of esters is 5. The predicted octanol–water partition coefficient (Wildman–Crippen LogP) is 11.7. The summed E-state index contributed by atoms with van der Waals surface area (Å²) in [6.45, 7) is 0. The van der Waals surface area contributed by atoms with Gasteiger partial charge in [0.2, 0.25) is 17.7 Å². The molecule has 13 aromatic rings. The molecule has 28 nitrogen and oxygen atoms in total. The first-order valence-corrected chi connectivity index (χ1v) is 27.8. The number of aromatic nitrogens is 6. The van der Waals surface area contributed by atoms with Gasteiger partial charge in [0.25, 0.3) is 11.6 Å². The number of anilines is 3. The Balaban J connectivity index is 0.000000144. The first-order valence-electron chi connectivity index (χ1n) is 27.8. The number of hydrogen-bond donors (Lipinski definition) is 4. The van der Waals surface area contributed by atoms with E-state index in [-0.39, 0.29) is 40.0 Å². The molecule has 28 heteroatoms. The molecular formula is C67H54N10O18. The fourth-order valence-electron chi connectivity index (χ4n) is 8.86. The summed E-state index contributed by atoms with van der Waals surface area (Å²) in [5, 5.41) is 26.7. The summed E-state index contributed by atoms with van der Waals surface area (Å²) >= 11 is 0. The largest absolute Gasteiger partial charge is 0.505 e. The van der Waals surface area contributed by atoms with Crippen molar-refractivity contribution in [2.24, 2.45) is 7.05 Å². The van der Waals surface area contributed by atoms with Crippen LogP contribution in [0.4, 0.5) is 22.7 Å². The van der Waals surface area contributed by atoms with Crippen LogP contribution in [-0.2, 0) is 30.7 Å². The van der Waals surface area contributed by atoms with E-state index in [0.717, 1.165) is 5.56 Å². The lowest BCUT2D eigenvalue weighted by Gasteiger charge is -2.05. The number of para-hydroxylation sites is 5. The minimum atomic E-state index is -0.597. The number of non-ortho nitro benzene ring substituents is 1. The van der Waals surface area contributed by atoms with Crippen LogP contribution in [0.1, 0.15) is 62.3 Å². The Hall–Kier alpha value is -13.5. The molecule has 1 amide bonds. The Morgan fingerprint density at radius 3 is 1.28 bits per heavy atom. The summed E-state index contributed by atoms with van der Waals surface area (Å²) in [6, 6.07) is 46.6. The summed E-state index contributed by atoms with van der Waals surface area (Å²) in [5.41, 5.74) is 20.4. The van der Waals surface area contributed by atoms with Gasteiger partial charge >= 0.3 is 29.8 Å². The SMILES string of the molecule is COC(=O)c1cccc(N)c1O.COC(=O)c1cccc2nc(-c3ccc(N)cc3)oc12.COC(=O)c1cccc2nc(-c3ccc(NC(=O)c4ccnn4C)cc3)oc12.COC(=O)c1cccc2nc(-c3ccc([N+](=O)[O-])cc3)oc12.COC(=O)c1cccc2ncoc12. The van der Waals surface area contributed by atoms with Gasteiger partial charge in [0.05, 0.1) is 46.2 Å². The Morgan fingerprint density at radius 1 is 0.495 bits per heavy atom. The minimum Gasteiger partial charge on any atom is -0.505 e. The number of hydrogen-bond acceptors (Lipinski definition) is 25. The number of aryl methyl sites for hydroxylation is 1. The molecule has 0 saturated carbocycles. The van der Waals surface area contributed by atoms with Crippen molar-refractivity contribution in [1.82, 2.24) is 29.7 Å². The third-order valence-electron chi connectivity index (χ3n) is 13.6. The molecule has 0 aliphatic carbocycles. The van der Waals surface area contributed by atoms with Crippen LogP contribution in [0.25, 0.3) is 78.8 Å². The molecule has 5 aromatic heterocycles. The Bertz CT molecular complexity index is 4960. The van der Waals surface area contributed by atoms with Gasteiger partial charge in [-0.25, -0.2) is 43.9 Å². The number of carbonyl (C=O) groups is 6. The number of phenolic OH excluding ortho intramolecular Hbond substituents is 1. The molecule has 0 aliphatic rings. The van der Waals surface area contributed by atoms with Crippen LogP contribution in [0.15, 0.2) is 200 Å². The molecule has 13 rings (SSSR count). The third-order valence-corrected chi connectivity index (χ3v) is 13.6. The van der Waals surface area contributed by atoms with Crippen LogP contribution in [0, 0.1) is 10.1 Å². The highest BCUT2D eigenvalue weighted by Gasteiger charge is 2.21. The van der Waals surface area contributed by atoms with Crippen molar-refractivity contribution < 1.29 is 80.1 Å². The minimum absolute atomic E-state index is 0.0184. The number of amides is 1. The molecule has 0 bridgehead atoms. The molecule has 0 fully saturated rings. The molecule has 0 saturated heterocycles. The van der Waals surface area contributed by atoms with Gasteiger partial charge in [-0.05, 0) is 127 Å². The van der Waals surface area contributed by atoms with Gasteiger partial charge in [0, 0.05) is 53.4 Å². The lowest BCUT2D eigenvalue weighted by molar-refractivity contribution is -0.384. The van der Waals surface area contributed by atoms with Crippen LogP contribution in [0.2, 0.25) is 0 Å². The molecule has 5 heterocycles. The smallest absolute Gasteiger partial charge is 0.341 e. The van der Waals surface area contributed by atoms with Gasteiger partial charge in [-0.1, -0.05) is 30.3 Å². The number of nitrogen functional groups attached to an aromatic ring is 2. The molecule has 6 N–H and O–H groups in total. The van der Waals surface area contributed by atoms with E-state index in [1.165, 1.54) is 70.9 Å². The van der Waals surface area contributed by atoms with Crippen LogP contribution >= 0.6 is 0 Å². The molecule has 8 aromatic carbocycles. The topological polar surface area (TPSA) is 398 Å². The number of aromatic hydroxyl groups is 1. The quantitative estimate of drug-likeness (QED) is 0.0233. The van der Waals surface area contributed by atoms with E-state index >= 15 is 0 Å². The van der Waals surface area contributed by atoms with Crippen LogP contribution in [0.5, 0.6) is 5.75 Å². The number of nitro groups is 1. The van der Waals surface area contributed by atoms with E-state index in [1.54, 1.807) is 147 Å². The number of phenols is 1. The van der Waals surface area contributed by atoms with Crippen molar-refractivity contribution in [2.45, 2.75) is 0 Å². The van der Waals surface area contributed by atoms with Crippen LogP contribution in [-0.4, -0.2) is 111 Å². The van der Waals surface area contributed by atoms with E-state index in [4.69, 9.17) is 43.3 Å². The fraction of sp³-hybridized carbons (Fsp3) is 0.0896. The van der Waals surface area contributed by atoms with E-state index in [2.05, 4.69) is 39.8 Å². The average molecular weight is 1290 g/mol. The Labute approximate surface area is 536 Å².